The Kier molecular flexibility index (Phi) is 8.84. The lowest BCUT2D eigenvalue weighted by atomic mass is 9.36. The molecule has 0 aromatic carbocycles. The van der Waals surface area contributed by atoms with Crippen molar-refractivity contribution in [1.82, 2.24) is 0 Å². The summed E-state index contributed by atoms with van der Waals surface area (Å²) in [5, 5.41) is 32.9. The van der Waals surface area contributed by atoms with Gasteiger partial charge in [0.1, 0.15) is 0 Å². The molecule has 0 aromatic rings. The molecule has 5 nitrogen and oxygen atoms in total. The third kappa shape index (κ3) is 4.93. The minimum absolute atomic E-state index is 0.0757. The van der Waals surface area contributed by atoms with Crippen LogP contribution in [0.5, 0.6) is 0 Å². The fourth-order valence-electron chi connectivity index (χ4n) is 10.4. The molecule has 4 rings (SSSR count). The van der Waals surface area contributed by atoms with Gasteiger partial charge in [-0.1, -0.05) is 39.3 Å². The Morgan fingerprint density at radius 1 is 0.975 bits per heavy atom. The van der Waals surface area contributed by atoms with Gasteiger partial charge in [0.15, 0.2) is 6.10 Å². The molecular formula is C31H48F4O5. The molecule has 0 radical (unpaired) electrons. The van der Waals surface area contributed by atoms with Gasteiger partial charge in [0.05, 0.1) is 24.2 Å². The van der Waals surface area contributed by atoms with Gasteiger partial charge in [0.2, 0.25) is 0 Å². The van der Waals surface area contributed by atoms with Crippen LogP contribution in [0.2, 0.25) is 0 Å². The van der Waals surface area contributed by atoms with Crippen LogP contribution in [0, 0.1) is 51.8 Å². The standard InChI is InChI=1S/C31H48F4O5/c1-15(2)7-8-17(28(38)39)23-19-13-21(37)25-29(4)11-10-20(36)16(3)18(29)9-12-30(25,5)31(19,6)14-22(23)40-24(26(32)33)27(34)35/h7,16-27,36-37H,8-14H2,1-6H3,(H,38,39)/t16-,17+,18?,19?,20+,21?,22-,23+,25?,29-,30-,31-/m0/s1. The van der Waals surface area contributed by atoms with Gasteiger partial charge in [-0.15, -0.1) is 0 Å². The van der Waals surface area contributed by atoms with Crippen LogP contribution in [-0.2, 0) is 9.53 Å². The topological polar surface area (TPSA) is 87.0 Å². The number of aliphatic hydroxyl groups is 2. The molecule has 0 heterocycles. The van der Waals surface area contributed by atoms with Gasteiger partial charge in [-0.05, 0) is 98.7 Å². The van der Waals surface area contributed by atoms with E-state index in [4.69, 9.17) is 4.74 Å². The molecular weight excluding hydrogens is 528 g/mol. The second-order valence-corrected chi connectivity index (χ2v) is 14.4. The largest absolute Gasteiger partial charge is 0.481 e. The fraction of sp³-hybridized carbons (Fsp3) is 0.903. The zero-order chi connectivity index (χ0) is 29.9. The maximum Gasteiger partial charge on any atom is 0.307 e. The summed E-state index contributed by atoms with van der Waals surface area (Å²) in [6.07, 6.45) is -6.37. The minimum Gasteiger partial charge on any atom is -0.481 e. The van der Waals surface area contributed by atoms with Crippen LogP contribution in [0.3, 0.4) is 0 Å². The van der Waals surface area contributed by atoms with E-state index in [1.165, 1.54) is 0 Å². The first kappa shape index (κ1) is 31.7. The van der Waals surface area contributed by atoms with E-state index in [9.17, 15) is 37.7 Å². The molecule has 0 spiro atoms. The summed E-state index contributed by atoms with van der Waals surface area (Å²) in [6, 6.07) is 0. The van der Waals surface area contributed by atoms with E-state index in [1.807, 2.05) is 13.8 Å². The number of carboxylic acid groups (broad SMARTS) is 1. The summed E-state index contributed by atoms with van der Waals surface area (Å²) in [5.41, 5.74) is -0.481. The Labute approximate surface area is 235 Å². The molecule has 4 aliphatic carbocycles. The number of fused-ring (bicyclic) bond motifs is 5. The monoisotopic (exact) mass is 576 g/mol. The lowest BCUT2D eigenvalue weighted by Gasteiger charge is -2.69. The van der Waals surface area contributed by atoms with Crippen molar-refractivity contribution in [1.29, 1.82) is 0 Å². The van der Waals surface area contributed by atoms with Crippen molar-refractivity contribution in [3.63, 3.8) is 0 Å². The van der Waals surface area contributed by atoms with Gasteiger partial charge in [0, 0.05) is 5.92 Å². The second kappa shape index (κ2) is 11.1. The van der Waals surface area contributed by atoms with Gasteiger partial charge >= 0.3 is 5.97 Å². The van der Waals surface area contributed by atoms with E-state index >= 15 is 0 Å². The highest BCUT2D eigenvalue weighted by Crippen LogP contribution is 2.75. The summed E-state index contributed by atoms with van der Waals surface area (Å²) >= 11 is 0. The summed E-state index contributed by atoms with van der Waals surface area (Å²) in [4.78, 5) is 12.7. The Morgan fingerprint density at radius 2 is 1.60 bits per heavy atom. The van der Waals surface area contributed by atoms with Crippen LogP contribution in [0.25, 0.3) is 0 Å². The molecule has 3 N–H and O–H groups in total. The minimum atomic E-state index is -3.41. The second-order valence-electron chi connectivity index (χ2n) is 14.4. The van der Waals surface area contributed by atoms with E-state index in [0.717, 1.165) is 24.8 Å². The van der Waals surface area contributed by atoms with Gasteiger partial charge in [-0.2, -0.15) is 0 Å². The number of alkyl halides is 4. The van der Waals surface area contributed by atoms with Crippen molar-refractivity contribution in [2.75, 3.05) is 0 Å². The molecule has 4 saturated carbocycles. The third-order valence-electron chi connectivity index (χ3n) is 12.4. The number of aliphatic carboxylic acids is 1. The Hall–Kier alpha value is -1.19. The summed E-state index contributed by atoms with van der Waals surface area (Å²) in [5.74, 6) is -3.21. The van der Waals surface area contributed by atoms with Crippen molar-refractivity contribution in [2.45, 2.75) is 124 Å². The smallest absolute Gasteiger partial charge is 0.307 e. The SMILES string of the molecule is CC(C)=CC[C@@H](C(=O)O)[C@@H]1C2CC(O)C3[C@@]4(C)CC[C@@H](O)[C@@H](C)C4CC[C@]3(C)[C@@]2(C)C[C@@H]1OC(C(F)F)C(F)F. The highest BCUT2D eigenvalue weighted by molar-refractivity contribution is 5.71. The van der Waals surface area contributed by atoms with Gasteiger partial charge < -0.3 is 20.1 Å². The van der Waals surface area contributed by atoms with E-state index in [2.05, 4.69) is 27.7 Å². The number of ether oxygens (including phenoxy) is 1. The van der Waals surface area contributed by atoms with E-state index < -0.39 is 71.8 Å². The molecule has 4 unspecified atom stereocenters. The average molecular weight is 577 g/mol. The summed E-state index contributed by atoms with van der Waals surface area (Å²) in [7, 11) is 0. The third-order valence-corrected chi connectivity index (χ3v) is 12.4. The molecule has 4 aliphatic rings. The highest BCUT2D eigenvalue weighted by Gasteiger charge is 2.72. The number of allylic oxidation sites excluding steroid dienone is 2. The fourth-order valence-corrected chi connectivity index (χ4v) is 10.4. The number of rotatable bonds is 8. The molecule has 230 valence electrons. The number of aliphatic hydroxyl groups excluding tert-OH is 2. The van der Waals surface area contributed by atoms with E-state index in [-0.39, 0.29) is 42.4 Å². The van der Waals surface area contributed by atoms with Crippen molar-refractivity contribution in [3.05, 3.63) is 11.6 Å². The molecule has 0 amide bonds. The molecule has 0 saturated heterocycles. The Bertz CT molecular complexity index is 963. The van der Waals surface area contributed by atoms with E-state index in [0.29, 0.717) is 6.42 Å². The number of carbonyl (C=O) groups is 1. The highest BCUT2D eigenvalue weighted by atomic mass is 19.3. The van der Waals surface area contributed by atoms with Crippen LogP contribution >= 0.6 is 0 Å². The zero-order valence-corrected chi connectivity index (χ0v) is 24.6. The lowest BCUT2D eigenvalue weighted by molar-refractivity contribution is -0.240. The molecule has 9 heteroatoms. The van der Waals surface area contributed by atoms with Crippen molar-refractivity contribution < 1.29 is 42.4 Å². The van der Waals surface area contributed by atoms with Crippen LogP contribution < -0.4 is 0 Å². The van der Waals surface area contributed by atoms with Crippen molar-refractivity contribution in [3.8, 4) is 0 Å². The Morgan fingerprint density at radius 3 is 2.15 bits per heavy atom. The predicted molar refractivity (Wildman–Crippen MR) is 143 cm³/mol. The van der Waals surface area contributed by atoms with Crippen molar-refractivity contribution in [2.24, 2.45) is 51.8 Å². The number of halogens is 4. The predicted octanol–water partition coefficient (Wildman–Crippen LogP) is 6.56. The van der Waals surface area contributed by atoms with Gasteiger partial charge in [-0.25, -0.2) is 17.6 Å². The number of hydrogen-bond acceptors (Lipinski definition) is 4. The van der Waals surface area contributed by atoms with Gasteiger partial charge in [0.25, 0.3) is 12.9 Å². The first-order valence-corrected chi connectivity index (χ1v) is 14.9. The maximum atomic E-state index is 13.7. The summed E-state index contributed by atoms with van der Waals surface area (Å²) < 4.78 is 60.5. The first-order chi connectivity index (χ1) is 18.5. The molecule has 0 aliphatic heterocycles. The van der Waals surface area contributed by atoms with Crippen LogP contribution in [0.15, 0.2) is 11.6 Å². The molecule has 0 bridgehead atoms. The Balaban J connectivity index is 1.80. The molecule has 40 heavy (non-hydrogen) atoms. The lowest BCUT2D eigenvalue weighted by Crippen LogP contribution is -2.66. The summed E-state index contributed by atoms with van der Waals surface area (Å²) in [6.45, 7) is 12.1. The molecule has 0 aromatic heterocycles. The number of carboxylic acids is 1. The average Bonchev–Trinajstić information content (AvgIpc) is 3.12. The van der Waals surface area contributed by atoms with E-state index in [1.54, 1.807) is 6.08 Å². The van der Waals surface area contributed by atoms with Crippen molar-refractivity contribution >= 4 is 5.97 Å². The molecule has 4 fully saturated rings. The first-order valence-electron chi connectivity index (χ1n) is 14.9. The maximum absolute atomic E-state index is 13.7. The van der Waals surface area contributed by atoms with Gasteiger partial charge in [-0.3, -0.25) is 4.79 Å². The van der Waals surface area contributed by atoms with Crippen LogP contribution in [0.4, 0.5) is 17.6 Å². The quantitative estimate of drug-likeness (QED) is 0.225. The molecule has 12 atom stereocenters. The van der Waals surface area contributed by atoms with Crippen LogP contribution in [-0.4, -0.2) is 58.6 Å². The van der Waals surface area contributed by atoms with Crippen LogP contribution in [0.1, 0.15) is 86.5 Å². The normalized spacial score (nSPS) is 45.7. The zero-order valence-electron chi connectivity index (χ0n) is 24.6. The number of hydrogen-bond donors (Lipinski definition) is 3.